The summed E-state index contributed by atoms with van der Waals surface area (Å²) in [6.45, 7) is 3.84. The van der Waals surface area contributed by atoms with Crippen LogP contribution in [0.4, 0.5) is 11.5 Å². The molecule has 0 saturated carbocycles. The molecule has 2 aliphatic rings. The van der Waals surface area contributed by atoms with Gasteiger partial charge in [0.15, 0.2) is 5.78 Å². The zero-order chi connectivity index (χ0) is 18.1. The SMILES string of the molecule is CN1C(=O)Cc2cc(C(=O)CN3CCN(c4ccccn4)CC3)ccc21. The Morgan fingerprint density at radius 1 is 1.12 bits per heavy atom. The molecular weight excluding hydrogens is 328 g/mol. The summed E-state index contributed by atoms with van der Waals surface area (Å²) in [6.07, 6.45) is 2.19. The highest BCUT2D eigenvalue weighted by atomic mass is 16.2. The fourth-order valence-electron chi connectivity index (χ4n) is 3.61. The Hall–Kier alpha value is -2.73. The van der Waals surface area contributed by atoms with Gasteiger partial charge in [-0.25, -0.2) is 4.98 Å². The van der Waals surface area contributed by atoms with Gasteiger partial charge in [-0.05, 0) is 35.9 Å². The van der Waals surface area contributed by atoms with E-state index < -0.39 is 0 Å². The van der Waals surface area contributed by atoms with Gasteiger partial charge in [0.25, 0.3) is 0 Å². The summed E-state index contributed by atoms with van der Waals surface area (Å²) in [7, 11) is 1.77. The number of aromatic nitrogens is 1. The minimum absolute atomic E-state index is 0.0789. The second-order valence-electron chi connectivity index (χ2n) is 6.85. The maximum absolute atomic E-state index is 12.7. The van der Waals surface area contributed by atoms with Crippen molar-refractivity contribution in [3.05, 3.63) is 53.7 Å². The number of carbonyl (C=O) groups excluding carboxylic acids is 2. The summed E-state index contributed by atoms with van der Waals surface area (Å²) in [6, 6.07) is 11.5. The molecule has 0 unspecified atom stereocenters. The number of fused-ring (bicyclic) bond motifs is 1. The van der Waals surface area contributed by atoms with Gasteiger partial charge in [0.05, 0.1) is 13.0 Å². The van der Waals surface area contributed by atoms with Gasteiger partial charge in [-0.1, -0.05) is 6.07 Å². The number of ketones is 1. The van der Waals surface area contributed by atoms with Crippen LogP contribution in [0.2, 0.25) is 0 Å². The van der Waals surface area contributed by atoms with Crippen molar-refractivity contribution in [2.75, 3.05) is 49.6 Å². The molecule has 6 heteroatoms. The topological polar surface area (TPSA) is 56.8 Å². The predicted octanol–water partition coefficient (Wildman–Crippen LogP) is 1.61. The van der Waals surface area contributed by atoms with Gasteiger partial charge in [0, 0.05) is 50.7 Å². The first-order valence-electron chi connectivity index (χ1n) is 8.93. The second-order valence-corrected chi connectivity index (χ2v) is 6.85. The highest BCUT2D eigenvalue weighted by molar-refractivity contribution is 6.03. The second kappa shape index (κ2) is 6.88. The number of Topliss-reactive ketones (excluding diaryl/α,β-unsaturated/α-hetero) is 1. The molecule has 3 heterocycles. The molecule has 2 aromatic rings. The van der Waals surface area contributed by atoms with Crippen LogP contribution >= 0.6 is 0 Å². The zero-order valence-electron chi connectivity index (χ0n) is 14.9. The lowest BCUT2D eigenvalue weighted by molar-refractivity contribution is -0.117. The van der Waals surface area contributed by atoms with Crippen molar-refractivity contribution in [1.82, 2.24) is 9.88 Å². The number of carbonyl (C=O) groups is 2. The van der Waals surface area contributed by atoms with E-state index >= 15 is 0 Å². The molecule has 134 valence electrons. The van der Waals surface area contributed by atoms with E-state index in [4.69, 9.17) is 0 Å². The molecule has 4 rings (SSSR count). The molecule has 1 aromatic carbocycles. The van der Waals surface area contributed by atoms with E-state index in [2.05, 4.69) is 14.8 Å². The van der Waals surface area contributed by atoms with Gasteiger partial charge in [0.2, 0.25) is 5.91 Å². The average Bonchev–Trinajstić information content (AvgIpc) is 2.96. The highest BCUT2D eigenvalue weighted by Gasteiger charge is 2.25. The number of piperazine rings is 1. The number of hydrogen-bond donors (Lipinski definition) is 0. The van der Waals surface area contributed by atoms with Gasteiger partial charge in [-0.15, -0.1) is 0 Å². The molecule has 0 spiro atoms. The largest absolute Gasteiger partial charge is 0.354 e. The Morgan fingerprint density at radius 3 is 2.65 bits per heavy atom. The van der Waals surface area contributed by atoms with Crippen molar-refractivity contribution < 1.29 is 9.59 Å². The molecule has 1 fully saturated rings. The van der Waals surface area contributed by atoms with Crippen molar-refractivity contribution >= 4 is 23.2 Å². The monoisotopic (exact) mass is 350 g/mol. The Balaban J connectivity index is 1.36. The van der Waals surface area contributed by atoms with Gasteiger partial charge in [-0.2, -0.15) is 0 Å². The van der Waals surface area contributed by atoms with Crippen molar-refractivity contribution in [3.8, 4) is 0 Å². The van der Waals surface area contributed by atoms with Crippen molar-refractivity contribution in [1.29, 1.82) is 0 Å². The average molecular weight is 350 g/mol. The van der Waals surface area contributed by atoms with Crippen LogP contribution in [0.25, 0.3) is 0 Å². The number of rotatable bonds is 4. The van der Waals surface area contributed by atoms with Crippen molar-refractivity contribution in [2.45, 2.75) is 6.42 Å². The Labute approximate surface area is 153 Å². The minimum Gasteiger partial charge on any atom is -0.354 e. The fourth-order valence-corrected chi connectivity index (χ4v) is 3.61. The molecule has 0 radical (unpaired) electrons. The van der Waals surface area contributed by atoms with Crippen LogP contribution in [0.5, 0.6) is 0 Å². The third kappa shape index (κ3) is 3.20. The van der Waals surface area contributed by atoms with Gasteiger partial charge >= 0.3 is 0 Å². The number of nitrogens with zero attached hydrogens (tertiary/aromatic N) is 4. The third-order valence-electron chi connectivity index (χ3n) is 5.19. The normalized spacial score (nSPS) is 17.5. The first-order valence-corrected chi connectivity index (χ1v) is 8.93. The van der Waals surface area contributed by atoms with E-state index in [0.717, 1.165) is 43.2 Å². The molecule has 1 aromatic heterocycles. The molecular formula is C20H22N4O2. The first-order chi connectivity index (χ1) is 12.6. The number of hydrogen-bond acceptors (Lipinski definition) is 5. The van der Waals surface area contributed by atoms with Crippen LogP contribution in [0.15, 0.2) is 42.6 Å². The number of anilines is 2. The minimum atomic E-state index is 0.0789. The third-order valence-corrected chi connectivity index (χ3v) is 5.19. The molecule has 0 atom stereocenters. The molecule has 0 aliphatic carbocycles. The van der Waals surface area contributed by atoms with E-state index in [1.165, 1.54) is 0 Å². The summed E-state index contributed by atoms with van der Waals surface area (Å²) in [5.41, 5.74) is 2.55. The van der Waals surface area contributed by atoms with Crippen LogP contribution in [-0.4, -0.2) is 61.3 Å². The number of amides is 1. The van der Waals surface area contributed by atoms with E-state index in [1.54, 1.807) is 18.1 Å². The maximum Gasteiger partial charge on any atom is 0.231 e. The summed E-state index contributed by atoms with van der Waals surface area (Å²) in [5, 5.41) is 0. The molecule has 1 amide bonds. The quantitative estimate of drug-likeness (QED) is 0.784. The van der Waals surface area contributed by atoms with E-state index in [-0.39, 0.29) is 11.7 Å². The Bertz CT molecular complexity index is 829. The van der Waals surface area contributed by atoms with Crippen LogP contribution in [0.1, 0.15) is 15.9 Å². The molecule has 2 aliphatic heterocycles. The molecule has 6 nitrogen and oxygen atoms in total. The smallest absolute Gasteiger partial charge is 0.231 e. The molecule has 0 N–H and O–H groups in total. The standard InChI is InChI=1S/C20H22N4O2/c1-22-17-6-5-15(12-16(17)13-20(22)26)18(25)14-23-8-10-24(11-9-23)19-4-2-3-7-21-19/h2-7,12H,8-11,13-14H2,1H3. The summed E-state index contributed by atoms with van der Waals surface area (Å²) in [4.78, 5) is 34.9. The summed E-state index contributed by atoms with van der Waals surface area (Å²) in [5.74, 6) is 1.18. The van der Waals surface area contributed by atoms with Gasteiger partial charge in [0.1, 0.15) is 5.82 Å². The predicted molar refractivity (Wildman–Crippen MR) is 101 cm³/mol. The molecule has 0 bridgehead atoms. The number of benzene rings is 1. The van der Waals surface area contributed by atoms with Crippen LogP contribution < -0.4 is 9.80 Å². The van der Waals surface area contributed by atoms with E-state index in [0.29, 0.717) is 18.5 Å². The maximum atomic E-state index is 12.7. The first kappa shape index (κ1) is 16.7. The van der Waals surface area contributed by atoms with Crippen LogP contribution in [0, 0.1) is 0 Å². The summed E-state index contributed by atoms with van der Waals surface area (Å²) < 4.78 is 0. The number of pyridine rings is 1. The molecule has 1 saturated heterocycles. The van der Waals surface area contributed by atoms with Crippen LogP contribution in [-0.2, 0) is 11.2 Å². The zero-order valence-corrected chi connectivity index (χ0v) is 14.9. The van der Waals surface area contributed by atoms with E-state index in [9.17, 15) is 9.59 Å². The number of likely N-dealkylation sites (N-methyl/N-ethyl adjacent to an activating group) is 1. The Morgan fingerprint density at radius 2 is 1.92 bits per heavy atom. The highest BCUT2D eigenvalue weighted by Crippen LogP contribution is 2.28. The fraction of sp³-hybridized carbons (Fsp3) is 0.350. The summed E-state index contributed by atoms with van der Waals surface area (Å²) >= 11 is 0. The Kier molecular flexibility index (Phi) is 4.42. The van der Waals surface area contributed by atoms with Crippen molar-refractivity contribution in [3.63, 3.8) is 0 Å². The van der Waals surface area contributed by atoms with Crippen molar-refractivity contribution in [2.24, 2.45) is 0 Å². The van der Waals surface area contributed by atoms with Gasteiger partial charge < -0.3 is 9.80 Å². The lowest BCUT2D eigenvalue weighted by atomic mass is 10.0. The van der Waals surface area contributed by atoms with E-state index in [1.807, 2.05) is 36.4 Å². The van der Waals surface area contributed by atoms with Crippen LogP contribution in [0.3, 0.4) is 0 Å². The lowest BCUT2D eigenvalue weighted by Crippen LogP contribution is -2.48. The van der Waals surface area contributed by atoms with Gasteiger partial charge in [-0.3, -0.25) is 14.5 Å². The lowest BCUT2D eigenvalue weighted by Gasteiger charge is -2.35. The molecule has 26 heavy (non-hydrogen) atoms.